The van der Waals surface area contributed by atoms with Crippen LogP contribution in [-0.4, -0.2) is 11.1 Å². The van der Waals surface area contributed by atoms with E-state index in [0.29, 0.717) is 0 Å². The molecule has 1 aliphatic heterocycles. The first-order chi connectivity index (χ1) is 12.3. The number of hydrogen-bond donors (Lipinski definition) is 2. The number of aromatic carboxylic acids is 1. The number of carboxylic acid groups (broad SMARTS) is 1. The second-order valence-corrected chi connectivity index (χ2v) is 6.70. The molecule has 6 heteroatoms. The Labute approximate surface area is 148 Å². The zero-order valence-corrected chi connectivity index (χ0v) is 13.6. The monoisotopic (exact) mass is 359 g/mol. The number of nitrogens with one attached hydrogen (secondary N) is 1. The van der Waals surface area contributed by atoms with Gasteiger partial charge >= 0.3 is 12.1 Å². The van der Waals surface area contributed by atoms with Crippen LogP contribution in [0.15, 0.2) is 54.6 Å². The molecule has 3 nitrogen and oxygen atoms in total. The number of allylic oxidation sites excluding steroid dienone is 2. The minimum Gasteiger partial charge on any atom is -0.478 e. The van der Waals surface area contributed by atoms with Gasteiger partial charge in [0, 0.05) is 11.6 Å². The van der Waals surface area contributed by atoms with Crippen molar-refractivity contribution in [2.24, 2.45) is 5.92 Å². The highest BCUT2D eigenvalue weighted by atomic mass is 19.4. The fraction of sp³-hybridized carbons (Fsp3) is 0.250. The molecular formula is C20H16F3NO2. The van der Waals surface area contributed by atoms with Crippen molar-refractivity contribution in [3.63, 3.8) is 0 Å². The van der Waals surface area contributed by atoms with Crippen molar-refractivity contribution in [1.82, 2.24) is 0 Å². The number of fused-ring (bicyclic) bond motifs is 3. The fourth-order valence-electron chi connectivity index (χ4n) is 3.94. The summed E-state index contributed by atoms with van der Waals surface area (Å²) in [7, 11) is 0. The summed E-state index contributed by atoms with van der Waals surface area (Å²) < 4.78 is 38.4. The van der Waals surface area contributed by atoms with Gasteiger partial charge in [-0.05, 0) is 53.8 Å². The number of carbonyl (C=O) groups is 1. The number of halogens is 3. The first-order valence-electron chi connectivity index (χ1n) is 8.32. The molecule has 0 spiro atoms. The Hall–Kier alpha value is -2.76. The Morgan fingerprint density at radius 1 is 1.12 bits per heavy atom. The van der Waals surface area contributed by atoms with Crippen molar-refractivity contribution in [3.8, 4) is 0 Å². The van der Waals surface area contributed by atoms with Crippen LogP contribution in [0.1, 0.15) is 45.4 Å². The molecule has 0 saturated carbocycles. The van der Waals surface area contributed by atoms with Gasteiger partial charge < -0.3 is 10.4 Å². The lowest BCUT2D eigenvalue weighted by atomic mass is 9.76. The summed E-state index contributed by atoms with van der Waals surface area (Å²) in [5, 5.41) is 12.6. The Bertz CT molecular complexity index is 887. The van der Waals surface area contributed by atoms with Crippen molar-refractivity contribution >= 4 is 11.7 Å². The molecule has 2 N–H and O–H groups in total. The zero-order chi connectivity index (χ0) is 18.5. The first-order valence-corrected chi connectivity index (χ1v) is 8.32. The second-order valence-electron chi connectivity index (χ2n) is 6.70. The Balaban J connectivity index is 1.70. The van der Waals surface area contributed by atoms with Gasteiger partial charge in [-0.1, -0.05) is 24.3 Å². The predicted octanol–water partition coefficient (Wildman–Crippen LogP) is 5.23. The fourth-order valence-corrected chi connectivity index (χ4v) is 3.94. The molecule has 0 bridgehead atoms. The van der Waals surface area contributed by atoms with E-state index in [9.17, 15) is 23.1 Å². The van der Waals surface area contributed by atoms with Crippen LogP contribution in [0.4, 0.5) is 18.9 Å². The summed E-state index contributed by atoms with van der Waals surface area (Å²) >= 11 is 0. The van der Waals surface area contributed by atoms with Crippen LogP contribution in [0.5, 0.6) is 0 Å². The summed E-state index contributed by atoms with van der Waals surface area (Å²) in [6.07, 6.45) is 0.555. The van der Waals surface area contributed by atoms with Crippen LogP contribution >= 0.6 is 0 Å². The van der Waals surface area contributed by atoms with Crippen molar-refractivity contribution in [2.45, 2.75) is 24.6 Å². The standard InChI is InChI=1S/C20H16F3NO2/c21-20(22,23)13-7-4-11(5-8-13)18-15-3-1-2-14(15)16-10-12(19(25)26)6-9-17(16)24-18/h1-2,4-10,14-15,18,24H,3H2,(H,25,26)/t14-,15+,18-/m1/s1. The van der Waals surface area contributed by atoms with Gasteiger partial charge in [0.25, 0.3) is 0 Å². The Morgan fingerprint density at radius 3 is 2.50 bits per heavy atom. The topological polar surface area (TPSA) is 49.3 Å². The molecule has 0 saturated heterocycles. The van der Waals surface area contributed by atoms with Crippen LogP contribution in [0.2, 0.25) is 0 Å². The molecule has 1 heterocycles. The van der Waals surface area contributed by atoms with Crippen molar-refractivity contribution in [2.75, 3.05) is 5.32 Å². The average molecular weight is 359 g/mol. The smallest absolute Gasteiger partial charge is 0.416 e. The summed E-state index contributed by atoms with van der Waals surface area (Å²) in [6, 6.07) is 10.1. The molecule has 2 aliphatic rings. The van der Waals surface area contributed by atoms with Gasteiger partial charge in [-0.15, -0.1) is 0 Å². The number of carboxylic acids is 1. The zero-order valence-electron chi connectivity index (χ0n) is 13.6. The maximum Gasteiger partial charge on any atom is 0.416 e. The van der Waals surface area contributed by atoms with E-state index < -0.39 is 17.7 Å². The molecule has 4 rings (SSSR count). The van der Waals surface area contributed by atoms with E-state index in [4.69, 9.17) is 0 Å². The molecule has 134 valence electrons. The van der Waals surface area contributed by atoms with E-state index in [-0.39, 0.29) is 23.4 Å². The third-order valence-corrected chi connectivity index (χ3v) is 5.21. The van der Waals surface area contributed by atoms with Crippen LogP contribution in [-0.2, 0) is 6.18 Å². The minimum absolute atomic E-state index is 0.0536. The maximum atomic E-state index is 12.8. The van der Waals surface area contributed by atoms with Gasteiger partial charge in [-0.2, -0.15) is 13.2 Å². The number of alkyl halides is 3. The lowest BCUT2D eigenvalue weighted by Crippen LogP contribution is -2.29. The third-order valence-electron chi connectivity index (χ3n) is 5.21. The average Bonchev–Trinajstić information content (AvgIpc) is 3.10. The van der Waals surface area contributed by atoms with Crippen LogP contribution < -0.4 is 5.32 Å². The summed E-state index contributed by atoms with van der Waals surface area (Å²) in [5.74, 6) is -0.780. The predicted molar refractivity (Wildman–Crippen MR) is 91.2 cm³/mol. The second kappa shape index (κ2) is 5.90. The molecular weight excluding hydrogens is 343 g/mol. The molecule has 0 unspecified atom stereocenters. The number of hydrogen-bond acceptors (Lipinski definition) is 2. The van der Waals surface area contributed by atoms with Crippen molar-refractivity contribution in [1.29, 1.82) is 0 Å². The quantitative estimate of drug-likeness (QED) is 0.722. The van der Waals surface area contributed by atoms with Crippen LogP contribution in [0, 0.1) is 5.92 Å². The molecule has 0 radical (unpaired) electrons. The maximum absolute atomic E-state index is 12.8. The van der Waals surface area contributed by atoms with Crippen LogP contribution in [0.3, 0.4) is 0 Å². The van der Waals surface area contributed by atoms with Crippen LogP contribution in [0.25, 0.3) is 0 Å². The van der Waals surface area contributed by atoms with E-state index in [1.807, 2.05) is 0 Å². The van der Waals surface area contributed by atoms with E-state index in [1.54, 1.807) is 12.1 Å². The molecule has 3 atom stereocenters. The minimum atomic E-state index is -4.35. The highest BCUT2D eigenvalue weighted by molar-refractivity contribution is 5.89. The summed E-state index contributed by atoms with van der Waals surface area (Å²) in [6.45, 7) is 0. The number of anilines is 1. The molecule has 0 aromatic heterocycles. The molecule has 26 heavy (non-hydrogen) atoms. The number of rotatable bonds is 2. The third kappa shape index (κ3) is 2.75. The molecule has 2 aromatic rings. The molecule has 0 amide bonds. The van der Waals surface area contributed by atoms with Gasteiger partial charge in [0.15, 0.2) is 0 Å². The normalized spacial score (nSPS) is 23.9. The van der Waals surface area contributed by atoms with Gasteiger partial charge in [0.1, 0.15) is 0 Å². The van der Waals surface area contributed by atoms with Gasteiger partial charge in [-0.3, -0.25) is 0 Å². The lowest BCUT2D eigenvalue weighted by molar-refractivity contribution is -0.137. The Morgan fingerprint density at radius 2 is 1.85 bits per heavy atom. The first kappa shape index (κ1) is 16.7. The van der Waals surface area contributed by atoms with Gasteiger partial charge in [-0.25, -0.2) is 4.79 Å². The molecule has 2 aromatic carbocycles. The van der Waals surface area contributed by atoms with Crippen molar-refractivity contribution < 1.29 is 23.1 Å². The van der Waals surface area contributed by atoms with E-state index in [0.717, 1.165) is 35.4 Å². The molecule has 1 aliphatic carbocycles. The number of benzene rings is 2. The highest BCUT2D eigenvalue weighted by Gasteiger charge is 2.38. The SMILES string of the molecule is O=C(O)c1ccc2c(c1)[C@@H]1C=CC[C@@H]1[C@@H](c1ccc(C(F)(F)F)cc1)N2. The van der Waals surface area contributed by atoms with E-state index >= 15 is 0 Å². The van der Waals surface area contributed by atoms with Gasteiger partial charge in [0.2, 0.25) is 0 Å². The largest absolute Gasteiger partial charge is 0.478 e. The van der Waals surface area contributed by atoms with E-state index in [2.05, 4.69) is 17.5 Å². The van der Waals surface area contributed by atoms with Gasteiger partial charge in [0.05, 0.1) is 17.2 Å². The summed E-state index contributed by atoms with van der Waals surface area (Å²) in [5.41, 5.74) is 2.12. The Kier molecular flexibility index (Phi) is 3.79. The molecule has 0 fully saturated rings. The summed E-state index contributed by atoms with van der Waals surface area (Å²) in [4.78, 5) is 11.2. The highest BCUT2D eigenvalue weighted by Crippen LogP contribution is 2.50. The van der Waals surface area contributed by atoms with E-state index in [1.165, 1.54) is 18.2 Å². The van der Waals surface area contributed by atoms with Crippen molar-refractivity contribution in [3.05, 3.63) is 76.9 Å². The lowest BCUT2D eigenvalue weighted by Gasteiger charge is -2.37.